The molecule has 1 unspecified atom stereocenters. The van der Waals surface area contributed by atoms with E-state index in [0.717, 1.165) is 25.9 Å². The van der Waals surface area contributed by atoms with Crippen molar-refractivity contribution in [1.82, 2.24) is 4.31 Å². The quantitative estimate of drug-likeness (QED) is 0.776. The summed E-state index contributed by atoms with van der Waals surface area (Å²) in [5, 5.41) is 0. The van der Waals surface area contributed by atoms with Crippen LogP contribution in [0.1, 0.15) is 19.3 Å². The number of benzene rings is 1. The summed E-state index contributed by atoms with van der Waals surface area (Å²) in [7, 11) is -2.83. The van der Waals surface area contributed by atoms with E-state index >= 15 is 0 Å². The van der Waals surface area contributed by atoms with E-state index in [-0.39, 0.29) is 0 Å². The number of rotatable bonds is 2. The highest BCUT2D eigenvalue weighted by Crippen LogP contribution is 2.22. The molecule has 1 aromatic rings. The van der Waals surface area contributed by atoms with Gasteiger partial charge in [0.2, 0.25) is 0 Å². The van der Waals surface area contributed by atoms with Crippen LogP contribution in [0, 0.1) is 4.78 Å². The van der Waals surface area contributed by atoms with Gasteiger partial charge in [0, 0.05) is 18.8 Å². The minimum absolute atomic E-state index is 0.523. The molecule has 2 rings (SSSR count). The molecule has 1 aromatic carbocycles. The highest BCUT2D eigenvalue weighted by atomic mass is 32.2. The predicted octanol–water partition coefficient (Wildman–Crippen LogP) is 2.08. The smallest absolute Gasteiger partial charge is 0.137 e. The van der Waals surface area contributed by atoms with Crippen LogP contribution in [-0.2, 0) is 9.92 Å². The highest BCUT2D eigenvalue weighted by Gasteiger charge is 2.22. The van der Waals surface area contributed by atoms with Gasteiger partial charge in [0.1, 0.15) is 9.92 Å². The van der Waals surface area contributed by atoms with Gasteiger partial charge in [-0.25, -0.2) is 13.3 Å². The van der Waals surface area contributed by atoms with Crippen LogP contribution in [0.5, 0.6) is 0 Å². The molecule has 1 heterocycles. The first kappa shape index (κ1) is 11.4. The Morgan fingerprint density at radius 1 is 1.25 bits per heavy atom. The second-order valence-corrected chi connectivity index (χ2v) is 6.13. The first-order valence-corrected chi connectivity index (χ1v) is 7.01. The minimum Gasteiger partial charge on any atom is -0.399 e. The van der Waals surface area contributed by atoms with E-state index < -0.39 is 9.92 Å². The second kappa shape index (κ2) is 4.43. The number of nitrogen functional groups attached to an aromatic ring is 1. The van der Waals surface area contributed by atoms with Crippen LogP contribution in [0.4, 0.5) is 5.69 Å². The second-order valence-electron chi connectivity index (χ2n) is 4.09. The van der Waals surface area contributed by atoms with E-state index in [0.29, 0.717) is 10.6 Å². The van der Waals surface area contributed by atoms with Crippen LogP contribution in [-0.4, -0.2) is 21.6 Å². The molecule has 16 heavy (non-hydrogen) atoms. The number of nitrogens with one attached hydrogen (secondary N) is 1. The van der Waals surface area contributed by atoms with Gasteiger partial charge >= 0.3 is 0 Å². The van der Waals surface area contributed by atoms with Crippen molar-refractivity contribution in [2.75, 3.05) is 18.8 Å². The predicted molar refractivity (Wildman–Crippen MR) is 65.4 cm³/mol. The van der Waals surface area contributed by atoms with Gasteiger partial charge in [0.15, 0.2) is 0 Å². The maximum absolute atomic E-state index is 12.4. The van der Waals surface area contributed by atoms with Crippen molar-refractivity contribution in [3.8, 4) is 0 Å². The molecule has 0 radical (unpaired) electrons. The van der Waals surface area contributed by atoms with Gasteiger partial charge in [-0.15, -0.1) is 0 Å². The Hall–Kier alpha value is -1.07. The van der Waals surface area contributed by atoms with Gasteiger partial charge in [-0.2, -0.15) is 0 Å². The average Bonchev–Trinajstić information content (AvgIpc) is 2.30. The Bertz CT molecular complexity index is 464. The molecule has 0 amide bonds. The number of hydrogen-bond donors (Lipinski definition) is 2. The van der Waals surface area contributed by atoms with Crippen LogP contribution in [0.25, 0.3) is 0 Å². The topological polar surface area (TPSA) is 70.2 Å². The lowest BCUT2D eigenvalue weighted by Gasteiger charge is -2.28. The summed E-state index contributed by atoms with van der Waals surface area (Å²) in [6.07, 6.45) is 3.22. The fourth-order valence-corrected chi connectivity index (χ4v) is 3.59. The summed E-state index contributed by atoms with van der Waals surface area (Å²) in [5.74, 6) is 0. The lowest BCUT2D eigenvalue weighted by atomic mass is 10.2. The van der Waals surface area contributed by atoms with E-state index in [1.807, 2.05) is 0 Å². The molecule has 1 aliphatic rings. The Morgan fingerprint density at radius 3 is 2.56 bits per heavy atom. The molecule has 1 aliphatic heterocycles. The van der Waals surface area contributed by atoms with Gasteiger partial charge < -0.3 is 5.73 Å². The monoisotopic (exact) mass is 239 g/mol. The van der Waals surface area contributed by atoms with Crippen molar-refractivity contribution in [3.05, 3.63) is 24.3 Å². The Balaban J connectivity index is 2.30. The third-order valence-corrected chi connectivity index (χ3v) is 4.84. The summed E-state index contributed by atoms with van der Waals surface area (Å²) >= 11 is 0. The van der Waals surface area contributed by atoms with Gasteiger partial charge in [-0.3, -0.25) is 0 Å². The fourth-order valence-electron chi connectivity index (χ4n) is 1.96. The lowest BCUT2D eigenvalue weighted by molar-refractivity contribution is 0.360. The van der Waals surface area contributed by atoms with Crippen molar-refractivity contribution < 1.29 is 4.21 Å². The fraction of sp³-hybridized carbons (Fsp3) is 0.455. The molecular weight excluding hydrogens is 222 g/mol. The number of piperidine rings is 1. The highest BCUT2D eigenvalue weighted by molar-refractivity contribution is 7.90. The van der Waals surface area contributed by atoms with Crippen molar-refractivity contribution in [1.29, 1.82) is 4.78 Å². The summed E-state index contributed by atoms with van der Waals surface area (Å²) in [6.45, 7) is 1.49. The third kappa shape index (κ3) is 2.20. The molecule has 0 spiro atoms. The molecule has 0 saturated carbocycles. The van der Waals surface area contributed by atoms with Crippen LogP contribution < -0.4 is 5.73 Å². The Labute approximate surface area is 96.6 Å². The Kier molecular flexibility index (Phi) is 3.16. The maximum Gasteiger partial charge on any atom is 0.137 e. The first-order chi connectivity index (χ1) is 7.60. The van der Waals surface area contributed by atoms with E-state index in [1.165, 1.54) is 6.42 Å². The largest absolute Gasteiger partial charge is 0.399 e. The molecule has 3 N–H and O–H groups in total. The molecule has 0 aliphatic carbocycles. The molecule has 1 fully saturated rings. The third-order valence-electron chi connectivity index (χ3n) is 2.86. The van der Waals surface area contributed by atoms with Gasteiger partial charge in [-0.1, -0.05) is 12.5 Å². The normalized spacial score (nSPS) is 21.5. The molecule has 5 heteroatoms. The van der Waals surface area contributed by atoms with Crippen LogP contribution in [0.2, 0.25) is 0 Å². The molecule has 0 aromatic heterocycles. The SMILES string of the molecule is N=S(=O)(c1cccc(N)c1)N1CCCCC1. The number of hydrogen-bond acceptors (Lipinski definition) is 3. The van der Waals surface area contributed by atoms with E-state index in [9.17, 15) is 4.21 Å². The summed E-state index contributed by atoms with van der Waals surface area (Å²) in [6, 6.07) is 6.86. The zero-order valence-corrected chi connectivity index (χ0v) is 10.0. The number of anilines is 1. The summed E-state index contributed by atoms with van der Waals surface area (Å²) in [4.78, 5) is 0.523. The van der Waals surface area contributed by atoms with E-state index in [1.54, 1.807) is 28.6 Å². The summed E-state index contributed by atoms with van der Waals surface area (Å²) < 4.78 is 22.3. The maximum atomic E-state index is 12.4. The first-order valence-electron chi connectivity index (χ1n) is 5.50. The van der Waals surface area contributed by atoms with Crippen LogP contribution in [0.15, 0.2) is 29.2 Å². The molecule has 88 valence electrons. The number of nitrogens with zero attached hydrogens (tertiary/aromatic N) is 1. The van der Waals surface area contributed by atoms with E-state index in [2.05, 4.69) is 0 Å². The molecule has 1 saturated heterocycles. The van der Waals surface area contributed by atoms with Crippen molar-refractivity contribution in [2.45, 2.75) is 24.2 Å². The average molecular weight is 239 g/mol. The standard InChI is InChI=1S/C11H17N3OS/c12-10-5-4-6-11(9-10)16(13,15)14-7-2-1-3-8-14/h4-6,9,13H,1-3,7-8,12H2. The Morgan fingerprint density at radius 2 is 1.94 bits per heavy atom. The lowest BCUT2D eigenvalue weighted by Crippen LogP contribution is -2.34. The van der Waals surface area contributed by atoms with Gasteiger partial charge in [-0.05, 0) is 31.0 Å². The van der Waals surface area contributed by atoms with Gasteiger partial charge in [0.05, 0.1) is 4.90 Å². The van der Waals surface area contributed by atoms with Crippen molar-refractivity contribution in [2.24, 2.45) is 0 Å². The molecule has 1 atom stereocenters. The van der Waals surface area contributed by atoms with Gasteiger partial charge in [0.25, 0.3) is 0 Å². The zero-order valence-electron chi connectivity index (χ0n) is 9.19. The van der Waals surface area contributed by atoms with Crippen LogP contribution >= 0.6 is 0 Å². The molecular formula is C11H17N3OS. The number of nitrogens with two attached hydrogens (primary N) is 1. The van der Waals surface area contributed by atoms with E-state index in [4.69, 9.17) is 10.5 Å². The van der Waals surface area contributed by atoms with Crippen LogP contribution in [0.3, 0.4) is 0 Å². The molecule has 0 bridgehead atoms. The molecule has 4 nitrogen and oxygen atoms in total. The zero-order chi connectivity index (χ0) is 11.6. The van der Waals surface area contributed by atoms with Crippen molar-refractivity contribution >= 4 is 15.6 Å². The summed E-state index contributed by atoms with van der Waals surface area (Å²) in [5.41, 5.74) is 6.22. The van der Waals surface area contributed by atoms with Crippen molar-refractivity contribution in [3.63, 3.8) is 0 Å². The minimum atomic E-state index is -2.83.